The van der Waals surface area contributed by atoms with Crippen molar-refractivity contribution in [3.05, 3.63) is 66.2 Å². The monoisotopic (exact) mass is 415 g/mol. The standard InChI is InChI=1S/C23H21N5O3/c1-25-19-12-13(26-23(30)31-2)10-11-18(19)28-20-14-6-3-4-9-17(14)27-21-15(20)7-5-8-16(21)22(24)29/h3-12,25H,1-2H3,(H2,24,29)(H,26,30)(H,27,28). The summed E-state index contributed by atoms with van der Waals surface area (Å²) in [5, 5.41) is 10.9. The lowest BCUT2D eigenvalue weighted by Crippen LogP contribution is -2.12. The fourth-order valence-electron chi connectivity index (χ4n) is 3.49. The van der Waals surface area contributed by atoms with Crippen LogP contribution in [0.3, 0.4) is 0 Å². The number of hydrogen-bond donors (Lipinski definition) is 4. The molecule has 1 aromatic heterocycles. The third-order valence-corrected chi connectivity index (χ3v) is 4.96. The molecule has 0 aliphatic carbocycles. The number of primary amides is 1. The van der Waals surface area contributed by atoms with Crippen LogP contribution in [-0.4, -0.2) is 31.1 Å². The maximum absolute atomic E-state index is 12.0. The molecule has 31 heavy (non-hydrogen) atoms. The van der Waals surface area contributed by atoms with E-state index in [0.717, 1.165) is 33.4 Å². The Morgan fingerprint density at radius 2 is 1.74 bits per heavy atom. The molecule has 0 spiro atoms. The van der Waals surface area contributed by atoms with Gasteiger partial charge in [0.2, 0.25) is 0 Å². The number of para-hydroxylation sites is 2. The largest absolute Gasteiger partial charge is 0.453 e. The zero-order chi connectivity index (χ0) is 22.0. The number of nitrogens with two attached hydrogens (primary N) is 1. The number of amides is 2. The lowest BCUT2D eigenvalue weighted by Gasteiger charge is -2.17. The first kappa shape index (κ1) is 20.0. The van der Waals surface area contributed by atoms with Gasteiger partial charge in [0.15, 0.2) is 0 Å². The van der Waals surface area contributed by atoms with Crippen LogP contribution in [0.4, 0.5) is 27.5 Å². The molecule has 3 aromatic carbocycles. The van der Waals surface area contributed by atoms with E-state index in [1.165, 1.54) is 7.11 Å². The van der Waals surface area contributed by atoms with Crippen molar-refractivity contribution in [3.8, 4) is 0 Å². The Balaban J connectivity index is 1.88. The van der Waals surface area contributed by atoms with Gasteiger partial charge in [-0.3, -0.25) is 10.1 Å². The van der Waals surface area contributed by atoms with Gasteiger partial charge < -0.3 is 21.1 Å². The van der Waals surface area contributed by atoms with Crippen molar-refractivity contribution in [3.63, 3.8) is 0 Å². The summed E-state index contributed by atoms with van der Waals surface area (Å²) in [6.45, 7) is 0. The van der Waals surface area contributed by atoms with Gasteiger partial charge in [-0.2, -0.15) is 0 Å². The fraction of sp³-hybridized carbons (Fsp3) is 0.0870. The van der Waals surface area contributed by atoms with Crippen molar-refractivity contribution in [2.45, 2.75) is 0 Å². The van der Waals surface area contributed by atoms with Gasteiger partial charge in [-0.25, -0.2) is 9.78 Å². The van der Waals surface area contributed by atoms with Crippen molar-refractivity contribution in [2.24, 2.45) is 5.73 Å². The Hall–Kier alpha value is -4.33. The second-order valence-electron chi connectivity index (χ2n) is 6.82. The number of carbonyl (C=O) groups excluding carboxylic acids is 2. The van der Waals surface area contributed by atoms with Crippen LogP contribution >= 0.6 is 0 Å². The van der Waals surface area contributed by atoms with Gasteiger partial charge >= 0.3 is 6.09 Å². The molecular formula is C23H21N5O3. The third kappa shape index (κ3) is 3.78. The molecule has 0 saturated heterocycles. The molecule has 4 aromatic rings. The Morgan fingerprint density at radius 1 is 0.968 bits per heavy atom. The molecule has 0 aliphatic rings. The van der Waals surface area contributed by atoms with Crippen LogP contribution in [0.1, 0.15) is 10.4 Å². The summed E-state index contributed by atoms with van der Waals surface area (Å²) in [6, 6.07) is 18.4. The molecule has 0 atom stereocenters. The van der Waals surface area contributed by atoms with Gasteiger partial charge in [-0.15, -0.1) is 0 Å². The number of methoxy groups -OCH3 is 1. The first-order valence-electron chi connectivity index (χ1n) is 9.57. The van der Waals surface area contributed by atoms with Crippen molar-refractivity contribution >= 4 is 56.6 Å². The van der Waals surface area contributed by atoms with Crippen LogP contribution in [0.25, 0.3) is 21.8 Å². The van der Waals surface area contributed by atoms with Crippen LogP contribution in [-0.2, 0) is 4.74 Å². The zero-order valence-electron chi connectivity index (χ0n) is 17.0. The van der Waals surface area contributed by atoms with Gasteiger partial charge in [0.05, 0.1) is 40.8 Å². The number of fused-ring (bicyclic) bond motifs is 2. The van der Waals surface area contributed by atoms with E-state index in [0.29, 0.717) is 16.8 Å². The predicted octanol–water partition coefficient (Wildman–Crippen LogP) is 4.45. The topological polar surface area (TPSA) is 118 Å². The summed E-state index contributed by atoms with van der Waals surface area (Å²) in [4.78, 5) is 28.2. The summed E-state index contributed by atoms with van der Waals surface area (Å²) < 4.78 is 4.65. The molecule has 0 saturated carbocycles. The molecule has 8 heteroatoms. The minimum atomic E-state index is -0.548. The van der Waals surface area contributed by atoms with E-state index in [1.807, 2.05) is 36.4 Å². The Bertz CT molecular complexity index is 1320. The number of rotatable bonds is 5. The van der Waals surface area contributed by atoms with E-state index in [2.05, 4.69) is 25.7 Å². The highest BCUT2D eigenvalue weighted by Crippen LogP contribution is 2.37. The normalized spacial score (nSPS) is 10.6. The predicted molar refractivity (Wildman–Crippen MR) is 123 cm³/mol. The second kappa shape index (κ2) is 8.19. The number of aromatic nitrogens is 1. The molecule has 0 unspecified atom stereocenters. The van der Waals surface area contributed by atoms with E-state index >= 15 is 0 Å². The van der Waals surface area contributed by atoms with E-state index in [1.54, 1.807) is 31.3 Å². The molecule has 156 valence electrons. The maximum atomic E-state index is 12.0. The average Bonchev–Trinajstić information content (AvgIpc) is 2.79. The Kier molecular flexibility index (Phi) is 5.28. The fourth-order valence-corrected chi connectivity index (χ4v) is 3.49. The maximum Gasteiger partial charge on any atom is 0.411 e. The molecule has 0 fully saturated rings. The quantitative estimate of drug-likeness (QED) is 0.358. The number of anilines is 4. The van der Waals surface area contributed by atoms with Gasteiger partial charge in [0.25, 0.3) is 5.91 Å². The van der Waals surface area contributed by atoms with Gasteiger partial charge in [-0.1, -0.05) is 30.3 Å². The average molecular weight is 415 g/mol. The van der Waals surface area contributed by atoms with E-state index in [-0.39, 0.29) is 0 Å². The summed E-state index contributed by atoms with van der Waals surface area (Å²) in [6.07, 6.45) is -0.548. The van der Waals surface area contributed by atoms with Crippen LogP contribution in [0, 0.1) is 0 Å². The molecule has 0 aliphatic heterocycles. The summed E-state index contributed by atoms with van der Waals surface area (Å²) >= 11 is 0. The molecule has 2 amide bonds. The highest BCUT2D eigenvalue weighted by molar-refractivity contribution is 6.14. The lowest BCUT2D eigenvalue weighted by molar-refractivity contribution is 0.100. The van der Waals surface area contributed by atoms with Crippen molar-refractivity contribution in [1.29, 1.82) is 0 Å². The number of pyridine rings is 1. The molecule has 0 radical (unpaired) electrons. The number of hydrogen-bond acceptors (Lipinski definition) is 6. The zero-order valence-corrected chi connectivity index (χ0v) is 17.0. The lowest BCUT2D eigenvalue weighted by atomic mass is 10.0. The van der Waals surface area contributed by atoms with Crippen LogP contribution in [0.2, 0.25) is 0 Å². The van der Waals surface area contributed by atoms with Crippen LogP contribution in [0.5, 0.6) is 0 Å². The molecule has 0 bridgehead atoms. The van der Waals surface area contributed by atoms with Gasteiger partial charge in [0.1, 0.15) is 0 Å². The van der Waals surface area contributed by atoms with Gasteiger partial charge in [0, 0.05) is 23.5 Å². The molecule has 4 rings (SSSR count). The van der Waals surface area contributed by atoms with Gasteiger partial charge in [-0.05, 0) is 30.3 Å². The van der Waals surface area contributed by atoms with E-state index in [4.69, 9.17) is 5.73 Å². The first-order valence-corrected chi connectivity index (χ1v) is 9.57. The molecule has 5 N–H and O–H groups in total. The second-order valence-corrected chi connectivity index (χ2v) is 6.82. The van der Waals surface area contributed by atoms with Crippen LogP contribution in [0.15, 0.2) is 60.7 Å². The highest BCUT2D eigenvalue weighted by atomic mass is 16.5. The SMILES string of the molecule is CNc1cc(NC(=O)OC)ccc1Nc1c2ccccc2nc2c(C(N)=O)cccc12. The minimum Gasteiger partial charge on any atom is -0.453 e. The summed E-state index contributed by atoms with van der Waals surface area (Å²) in [7, 11) is 3.10. The van der Waals surface area contributed by atoms with Crippen molar-refractivity contribution in [1.82, 2.24) is 4.98 Å². The molecule has 1 heterocycles. The summed E-state index contributed by atoms with van der Waals surface area (Å²) in [5.74, 6) is -0.534. The summed E-state index contributed by atoms with van der Waals surface area (Å²) in [5.41, 5.74) is 10.1. The number of ether oxygens (including phenoxy) is 1. The smallest absolute Gasteiger partial charge is 0.411 e. The minimum absolute atomic E-state index is 0.359. The van der Waals surface area contributed by atoms with Crippen molar-refractivity contribution < 1.29 is 14.3 Å². The molecule has 8 nitrogen and oxygen atoms in total. The number of carbonyl (C=O) groups is 2. The van der Waals surface area contributed by atoms with E-state index in [9.17, 15) is 9.59 Å². The van der Waals surface area contributed by atoms with Crippen molar-refractivity contribution in [2.75, 3.05) is 30.1 Å². The molecular weight excluding hydrogens is 394 g/mol. The number of benzene rings is 3. The Morgan fingerprint density at radius 3 is 2.48 bits per heavy atom. The first-order chi connectivity index (χ1) is 15.0. The number of nitrogens with zero attached hydrogens (tertiary/aromatic N) is 1. The highest BCUT2D eigenvalue weighted by Gasteiger charge is 2.15. The van der Waals surface area contributed by atoms with E-state index < -0.39 is 12.0 Å². The van der Waals surface area contributed by atoms with Crippen LogP contribution < -0.4 is 21.7 Å². The third-order valence-electron chi connectivity index (χ3n) is 4.96. The number of nitrogens with one attached hydrogen (secondary N) is 3. The Labute approximate surface area is 178 Å².